The van der Waals surface area contributed by atoms with E-state index in [1.165, 1.54) is 5.56 Å². The molecule has 7 heteroatoms. The number of benzene rings is 1. The second kappa shape index (κ2) is 6.65. The summed E-state index contributed by atoms with van der Waals surface area (Å²) in [5.41, 5.74) is 0.746. The molecule has 4 rings (SSSR count). The van der Waals surface area contributed by atoms with Gasteiger partial charge in [0.2, 0.25) is 0 Å². The topological polar surface area (TPSA) is 80.3 Å². The normalized spacial score (nSPS) is 36.0. The third-order valence-corrected chi connectivity index (χ3v) is 6.80. The predicted molar refractivity (Wildman–Crippen MR) is 99.4 cm³/mol. The van der Waals surface area contributed by atoms with Crippen molar-refractivity contribution >= 4 is 5.97 Å². The van der Waals surface area contributed by atoms with E-state index in [4.69, 9.17) is 14.2 Å². The van der Waals surface area contributed by atoms with E-state index < -0.39 is 17.7 Å². The highest BCUT2D eigenvalue weighted by Gasteiger charge is 2.57. The van der Waals surface area contributed by atoms with Crippen LogP contribution in [0.5, 0.6) is 11.5 Å². The molecule has 0 radical (unpaired) electrons. The molecule has 0 bridgehead atoms. The molecule has 148 valence electrons. The van der Waals surface area contributed by atoms with Crippen molar-refractivity contribution in [3.05, 3.63) is 23.8 Å². The average Bonchev–Trinajstić information content (AvgIpc) is 3.24. The first-order valence-electron chi connectivity index (χ1n) is 9.50. The van der Waals surface area contributed by atoms with Gasteiger partial charge in [0.05, 0.1) is 20.8 Å². The SMILES string of the molecule is COc1ccc(C23CCN(C)C2CC2(CC3)NC(C(=O)O)CO2)cc1OC. The van der Waals surface area contributed by atoms with E-state index in [9.17, 15) is 9.90 Å². The first-order chi connectivity index (χ1) is 12.9. The van der Waals surface area contributed by atoms with Gasteiger partial charge < -0.3 is 24.2 Å². The minimum Gasteiger partial charge on any atom is -0.493 e. The molecule has 1 aromatic carbocycles. The number of fused-ring (bicyclic) bond motifs is 1. The molecular formula is C20H28N2O5. The highest BCUT2D eigenvalue weighted by Crippen LogP contribution is 2.53. The number of likely N-dealkylation sites (N-methyl/N-ethyl adjacent to an activating group) is 1. The summed E-state index contributed by atoms with van der Waals surface area (Å²) < 4.78 is 16.9. The van der Waals surface area contributed by atoms with Crippen LogP contribution in [0.1, 0.15) is 31.2 Å². The number of aliphatic carboxylic acids is 1. The van der Waals surface area contributed by atoms with E-state index in [1.54, 1.807) is 14.2 Å². The number of carboxylic acids is 1. The summed E-state index contributed by atoms with van der Waals surface area (Å²) in [4.78, 5) is 13.7. The minimum atomic E-state index is -0.844. The van der Waals surface area contributed by atoms with Crippen LogP contribution in [-0.4, -0.2) is 68.2 Å². The van der Waals surface area contributed by atoms with Crippen molar-refractivity contribution in [1.29, 1.82) is 0 Å². The first-order valence-corrected chi connectivity index (χ1v) is 9.50. The molecule has 7 nitrogen and oxygen atoms in total. The summed E-state index contributed by atoms with van der Waals surface area (Å²) in [5, 5.41) is 12.6. The molecule has 2 heterocycles. The van der Waals surface area contributed by atoms with Crippen LogP contribution in [0.2, 0.25) is 0 Å². The van der Waals surface area contributed by atoms with Gasteiger partial charge in [0.15, 0.2) is 11.5 Å². The molecule has 1 spiro atoms. The summed E-state index contributed by atoms with van der Waals surface area (Å²) in [6.45, 7) is 1.24. The summed E-state index contributed by atoms with van der Waals surface area (Å²) in [6, 6.07) is 5.89. The second-order valence-corrected chi connectivity index (χ2v) is 8.02. The molecule has 4 unspecified atom stereocenters. The van der Waals surface area contributed by atoms with Gasteiger partial charge in [0.25, 0.3) is 0 Å². The Hall–Kier alpha value is -1.83. The van der Waals surface area contributed by atoms with E-state index in [0.717, 1.165) is 43.7 Å². The molecule has 0 aromatic heterocycles. The largest absolute Gasteiger partial charge is 0.493 e. The second-order valence-electron chi connectivity index (χ2n) is 8.02. The fourth-order valence-corrected chi connectivity index (χ4v) is 5.27. The molecule has 2 saturated heterocycles. The standard InChI is InChI=1S/C20H28N2O5/c1-22-9-8-19(13-4-5-15(25-2)16(10-13)26-3)6-7-20(11-17(19)22)21-14(12-27-20)18(23)24/h4-5,10,14,17,21H,6-9,11-12H2,1-3H3,(H,23,24). The maximum absolute atomic E-state index is 11.4. The van der Waals surface area contributed by atoms with Crippen LogP contribution in [0.4, 0.5) is 0 Å². The van der Waals surface area contributed by atoms with Gasteiger partial charge in [0.1, 0.15) is 11.8 Å². The lowest BCUT2D eigenvalue weighted by atomic mass is 9.64. The highest BCUT2D eigenvalue weighted by atomic mass is 16.5. The van der Waals surface area contributed by atoms with Gasteiger partial charge >= 0.3 is 5.97 Å². The lowest BCUT2D eigenvalue weighted by Gasteiger charge is -2.48. The number of hydrogen-bond acceptors (Lipinski definition) is 6. The number of carboxylic acid groups (broad SMARTS) is 1. The fraction of sp³-hybridized carbons (Fsp3) is 0.650. The Kier molecular flexibility index (Phi) is 4.56. The molecule has 2 aliphatic heterocycles. The molecule has 3 fully saturated rings. The van der Waals surface area contributed by atoms with Crippen molar-refractivity contribution in [1.82, 2.24) is 10.2 Å². The van der Waals surface area contributed by atoms with Crippen LogP contribution in [-0.2, 0) is 14.9 Å². The lowest BCUT2D eigenvalue weighted by molar-refractivity contribution is -0.139. The molecule has 3 aliphatic rings. The Morgan fingerprint density at radius 1 is 1.26 bits per heavy atom. The number of rotatable bonds is 4. The molecule has 4 atom stereocenters. The summed E-state index contributed by atoms with van der Waals surface area (Å²) in [7, 11) is 5.46. The van der Waals surface area contributed by atoms with Gasteiger partial charge in [-0.1, -0.05) is 6.07 Å². The van der Waals surface area contributed by atoms with Crippen molar-refractivity contribution in [3.63, 3.8) is 0 Å². The van der Waals surface area contributed by atoms with Crippen molar-refractivity contribution in [2.45, 2.75) is 48.9 Å². The quantitative estimate of drug-likeness (QED) is 0.826. The first kappa shape index (κ1) is 18.5. The molecule has 2 N–H and O–H groups in total. The summed E-state index contributed by atoms with van der Waals surface area (Å²) in [5.74, 6) is 0.639. The van der Waals surface area contributed by atoms with E-state index in [-0.39, 0.29) is 18.1 Å². The lowest BCUT2D eigenvalue weighted by Crippen LogP contribution is -2.58. The Bertz CT molecular complexity index is 741. The van der Waals surface area contributed by atoms with Gasteiger partial charge in [-0.25, -0.2) is 0 Å². The Morgan fingerprint density at radius 3 is 2.70 bits per heavy atom. The van der Waals surface area contributed by atoms with Crippen molar-refractivity contribution in [2.75, 3.05) is 34.4 Å². The maximum atomic E-state index is 11.4. The zero-order valence-electron chi connectivity index (χ0n) is 16.2. The average molecular weight is 376 g/mol. The van der Waals surface area contributed by atoms with Gasteiger partial charge in [-0.05, 0) is 50.6 Å². The minimum absolute atomic E-state index is 0.0197. The fourth-order valence-electron chi connectivity index (χ4n) is 5.27. The third kappa shape index (κ3) is 2.88. The van der Waals surface area contributed by atoms with Crippen LogP contribution in [0.15, 0.2) is 18.2 Å². The monoisotopic (exact) mass is 376 g/mol. The predicted octanol–water partition coefficient (Wildman–Crippen LogP) is 1.60. The number of methoxy groups -OCH3 is 2. The molecule has 1 aromatic rings. The van der Waals surface area contributed by atoms with Crippen molar-refractivity contribution in [3.8, 4) is 11.5 Å². The van der Waals surface area contributed by atoms with E-state index in [0.29, 0.717) is 0 Å². The maximum Gasteiger partial charge on any atom is 0.323 e. The number of likely N-dealkylation sites (tertiary alicyclic amines) is 1. The van der Waals surface area contributed by atoms with Gasteiger partial charge in [-0.3, -0.25) is 10.1 Å². The van der Waals surface area contributed by atoms with E-state index in [1.807, 2.05) is 6.07 Å². The van der Waals surface area contributed by atoms with Gasteiger partial charge in [0, 0.05) is 17.9 Å². The smallest absolute Gasteiger partial charge is 0.323 e. The van der Waals surface area contributed by atoms with Gasteiger partial charge in [-0.2, -0.15) is 0 Å². The number of nitrogens with zero attached hydrogens (tertiary/aromatic N) is 1. The zero-order valence-corrected chi connectivity index (χ0v) is 16.2. The number of nitrogens with one attached hydrogen (secondary N) is 1. The summed E-state index contributed by atoms with van der Waals surface area (Å²) >= 11 is 0. The van der Waals surface area contributed by atoms with Crippen LogP contribution >= 0.6 is 0 Å². The number of ether oxygens (including phenoxy) is 3. The Labute approximate surface area is 159 Å². The molecule has 27 heavy (non-hydrogen) atoms. The van der Waals surface area contributed by atoms with Crippen LogP contribution in [0.3, 0.4) is 0 Å². The number of hydrogen-bond donors (Lipinski definition) is 2. The molecule has 1 saturated carbocycles. The Balaban J connectivity index is 1.65. The van der Waals surface area contributed by atoms with Crippen LogP contribution in [0, 0.1) is 0 Å². The zero-order chi connectivity index (χ0) is 19.2. The molecule has 1 aliphatic carbocycles. The summed E-state index contributed by atoms with van der Waals surface area (Å²) in [6.07, 6.45) is 3.59. The van der Waals surface area contributed by atoms with Crippen molar-refractivity contribution < 1.29 is 24.1 Å². The Morgan fingerprint density at radius 2 is 2.04 bits per heavy atom. The van der Waals surface area contributed by atoms with E-state index in [2.05, 4.69) is 29.4 Å². The highest BCUT2D eigenvalue weighted by molar-refractivity contribution is 5.74. The molecular weight excluding hydrogens is 348 g/mol. The van der Waals surface area contributed by atoms with Crippen molar-refractivity contribution in [2.24, 2.45) is 0 Å². The number of carbonyl (C=O) groups is 1. The van der Waals surface area contributed by atoms with Gasteiger partial charge in [-0.15, -0.1) is 0 Å². The van der Waals surface area contributed by atoms with E-state index >= 15 is 0 Å². The molecule has 0 amide bonds. The van der Waals surface area contributed by atoms with Crippen LogP contribution in [0.25, 0.3) is 0 Å². The third-order valence-electron chi connectivity index (χ3n) is 6.80. The van der Waals surface area contributed by atoms with Crippen LogP contribution < -0.4 is 14.8 Å².